The van der Waals surface area contributed by atoms with E-state index in [2.05, 4.69) is 5.32 Å². The lowest BCUT2D eigenvalue weighted by atomic mass is 10.1. The third-order valence-electron chi connectivity index (χ3n) is 3.51. The number of carbonyl (C=O) groups is 1. The van der Waals surface area contributed by atoms with Crippen LogP contribution in [0.15, 0.2) is 24.3 Å². The molecule has 7 heteroatoms. The van der Waals surface area contributed by atoms with E-state index in [0.717, 1.165) is 21.1 Å². The molecule has 0 spiro atoms. The van der Waals surface area contributed by atoms with Gasteiger partial charge >= 0.3 is 0 Å². The van der Waals surface area contributed by atoms with Crippen LogP contribution >= 0.6 is 35.3 Å². The van der Waals surface area contributed by atoms with Gasteiger partial charge in [0.1, 0.15) is 5.01 Å². The average Bonchev–Trinajstić information content (AvgIpc) is 2.88. The van der Waals surface area contributed by atoms with E-state index in [-0.39, 0.29) is 30.4 Å². The summed E-state index contributed by atoms with van der Waals surface area (Å²) in [6.07, 6.45) is 1.13. The van der Waals surface area contributed by atoms with Gasteiger partial charge in [-0.3, -0.25) is 4.79 Å². The predicted octanol–water partition coefficient (Wildman–Crippen LogP) is 4.50. The van der Waals surface area contributed by atoms with Gasteiger partial charge in [-0.05, 0) is 39.3 Å². The summed E-state index contributed by atoms with van der Waals surface area (Å²) in [5.74, 6) is 0.00990. The van der Waals surface area contributed by atoms with Gasteiger partial charge in [0.2, 0.25) is 5.91 Å². The van der Waals surface area contributed by atoms with Crippen molar-refractivity contribution >= 4 is 41.3 Å². The number of aryl methyl sites for hydroxylation is 1. The molecule has 0 saturated carbocycles. The van der Waals surface area contributed by atoms with Crippen LogP contribution in [-0.4, -0.2) is 16.9 Å². The second kappa shape index (κ2) is 9.37. The van der Waals surface area contributed by atoms with Crippen molar-refractivity contribution in [2.75, 3.05) is 0 Å². The molecule has 1 aromatic heterocycles. The van der Waals surface area contributed by atoms with Gasteiger partial charge in [0.05, 0.1) is 11.7 Å². The standard InChI is InChI=1S/C17H22ClN3OS.ClH/c1-10(19)4-9-15(22)20-11(2)17-21-16(12(3)23-17)13-5-7-14(18)8-6-13;/h5-8,10-11H,4,9,19H2,1-3H3,(H,20,22);1H. The normalized spacial score (nSPS) is 13.0. The Balaban J connectivity index is 0.00000288. The highest BCUT2D eigenvalue weighted by atomic mass is 35.5. The van der Waals surface area contributed by atoms with Crippen LogP contribution in [0.1, 0.15) is 42.6 Å². The molecule has 2 rings (SSSR count). The van der Waals surface area contributed by atoms with Gasteiger partial charge in [-0.2, -0.15) is 0 Å². The van der Waals surface area contributed by atoms with Crippen LogP contribution < -0.4 is 11.1 Å². The monoisotopic (exact) mass is 387 g/mol. The Hall–Kier alpha value is -1.14. The molecular weight excluding hydrogens is 365 g/mol. The topological polar surface area (TPSA) is 68.0 Å². The Morgan fingerprint density at radius 2 is 1.96 bits per heavy atom. The molecule has 2 unspecified atom stereocenters. The fraction of sp³-hybridized carbons (Fsp3) is 0.412. The highest BCUT2D eigenvalue weighted by molar-refractivity contribution is 7.12. The van der Waals surface area contributed by atoms with Crippen molar-refractivity contribution < 1.29 is 4.79 Å². The first-order valence-electron chi connectivity index (χ1n) is 7.65. The molecule has 24 heavy (non-hydrogen) atoms. The lowest BCUT2D eigenvalue weighted by Gasteiger charge is -2.12. The van der Waals surface area contributed by atoms with Crippen LogP contribution in [0, 0.1) is 6.92 Å². The van der Waals surface area contributed by atoms with Crippen LogP contribution in [0.25, 0.3) is 11.3 Å². The number of aromatic nitrogens is 1. The Morgan fingerprint density at radius 3 is 2.54 bits per heavy atom. The molecule has 0 saturated heterocycles. The Bertz CT molecular complexity index is 671. The van der Waals surface area contributed by atoms with Gasteiger partial charge in [0, 0.05) is 27.9 Å². The zero-order valence-electron chi connectivity index (χ0n) is 14.0. The quantitative estimate of drug-likeness (QED) is 0.766. The van der Waals surface area contributed by atoms with Crippen LogP contribution in [0.4, 0.5) is 0 Å². The summed E-state index contributed by atoms with van der Waals surface area (Å²) in [5, 5.41) is 4.59. The van der Waals surface area contributed by atoms with Crippen LogP contribution in [0.5, 0.6) is 0 Å². The summed E-state index contributed by atoms with van der Waals surface area (Å²) in [5.41, 5.74) is 7.66. The van der Waals surface area contributed by atoms with Gasteiger partial charge in [-0.15, -0.1) is 23.7 Å². The lowest BCUT2D eigenvalue weighted by Crippen LogP contribution is -2.28. The van der Waals surface area contributed by atoms with Crippen molar-refractivity contribution in [3.63, 3.8) is 0 Å². The second-order valence-corrected chi connectivity index (χ2v) is 7.44. The molecule has 2 aromatic rings. The first kappa shape index (κ1) is 20.9. The van der Waals surface area contributed by atoms with Gasteiger partial charge in [-0.1, -0.05) is 23.7 Å². The van der Waals surface area contributed by atoms with E-state index < -0.39 is 0 Å². The summed E-state index contributed by atoms with van der Waals surface area (Å²) in [7, 11) is 0. The minimum Gasteiger partial charge on any atom is -0.347 e. The zero-order chi connectivity index (χ0) is 17.0. The summed E-state index contributed by atoms with van der Waals surface area (Å²) in [4.78, 5) is 17.7. The lowest BCUT2D eigenvalue weighted by molar-refractivity contribution is -0.121. The minimum atomic E-state index is -0.111. The summed E-state index contributed by atoms with van der Waals surface area (Å²) >= 11 is 7.53. The molecule has 4 nitrogen and oxygen atoms in total. The van der Waals surface area contributed by atoms with Crippen molar-refractivity contribution in [1.29, 1.82) is 0 Å². The number of nitrogens with one attached hydrogen (secondary N) is 1. The molecule has 2 atom stereocenters. The number of hydrogen-bond donors (Lipinski definition) is 2. The number of benzene rings is 1. The number of carbonyl (C=O) groups excluding carboxylic acids is 1. The fourth-order valence-corrected chi connectivity index (χ4v) is 3.28. The highest BCUT2D eigenvalue weighted by Gasteiger charge is 2.16. The van der Waals surface area contributed by atoms with E-state index in [4.69, 9.17) is 22.3 Å². The third-order valence-corrected chi connectivity index (χ3v) is 4.91. The molecule has 0 aliphatic heterocycles. The summed E-state index contributed by atoms with van der Waals surface area (Å²) in [6.45, 7) is 5.89. The molecule has 0 aliphatic carbocycles. The number of rotatable bonds is 6. The number of nitrogens with two attached hydrogens (primary N) is 1. The maximum absolute atomic E-state index is 11.9. The van der Waals surface area contributed by atoms with Crippen molar-refractivity contribution in [2.45, 2.75) is 45.7 Å². The maximum Gasteiger partial charge on any atom is 0.220 e. The Labute approximate surface area is 158 Å². The number of hydrogen-bond acceptors (Lipinski definition) is 4. The van der Waals surface area contributed by atoms with Crippen LogP contribution in [0.2, 0.25) is 5.02 Å². The van der Waals surface area contributed by atoms with Gasteiger partial charge in [0.15, 0.2) is 0 Å². The molecule has 0 radical (unpaired) electrons. The Kier molecular flexibility index (Phi) is 8.16. The maximum atomic E-state index is 11.9. The van der Waals surface area contributed by atoms with E-state index >= 15 is 0 Å². The SMILES string of the molecule is Cc1sc(C(C)NC(=O)CCC(C)N)nc1-c1ccc(Cl)cc1.Cl. The molecule has 1 amide bonds. The fourth-order valence-electron chi connectivity index (χ4n) is 2.21. The molecule has 3 N–H and O–H groups in total. The third kappa shape index (κ3) is 5.74. The molecule has 0 bridgehead atoms. The molecule has 1 aromatic carbocycles. The number of halogens is 2. The first-order valence-corrected chi connectivity index (χ1v) is 8.84. The van der Waals surface area contributed by atoms with E-state index in [1.54, 1.807) is 11.3 Å². The molecular formula is C17H23Cl2N3OS. The predicted molar refractivity (Wildman–Crippen MR) is 104 cm³/mol. The van der Waals surface area contributed by atoms with Crippen molar-refractivity contribution in [3.8, 4) is 11.3 Å². The van der Waals surface area contributed by atoms with Crippen molar-refractivity contribution in [3.05, 3.63) is 39.2 Å². The molecule has 1 heterocycles. The molecule has 132 valence electrons. The summed E-state index contributed by atoms with van der Waals surface area (Å²) < 4.78 is 0. The van der Waals surface area contributed by atoms with Crippen LogP contribution in [-0.2, 0) is 4.79 Å². The largest absolute Gasteiger partial charge is 0.347 e. The van der Waals surface area contributed by atoms with E-state index in [1.807, 2.05) is 45.0 Å². The van der Waals surface area contributed by atoms with Gasteiger partial charge in [0.25, 0.3) is 0 Å². The number of amides is 1. The zero-order valence-corrected chi connectivity index (χ0v) is 16.4. The van der Waals surface area contributed by atoms with Gasteiger partial charge in [-0.25, -0.2) is 4.98 Å². The molecule has 0 fully saturated rings. The second-order valence-electron chi connectivity index (χ2n) is 5.77. The van der Waals surface area contributed by atoms with Crippen LogP contribution in [0.3, 0.4) is 0 Å². The van der Waals surface area contributed by atoms with E-state index in [1.165, 1.54) is 0 Å². The van der Waals surface area contributed by atoms with E-state index in [0.29, 0.717) is 17.9 Å². The Morgan fingerprint density at radius 1 is 1.33 bits per heavy atom. The molecule has 0 aliphatic rings. The number of thiazole rings is 1. The van der Waals surface area contributed by atoms with Crippen molar-refractivity contribution in [1.82, 2.24) is 10.3 Å². The average molecular weight is 388 g/mol. The van der Waals surface area contributed by atoms with Crippen molar-refractivity contribution in [2.24, 2.45) is 5.73 Å². The highest BCUT2D eigenvalue weighted by Crippen LogP contribution is 2.31. The van der Waals surface area contributed by atoms with E-state index in [9.17, 15) is 4.79 Å². The summed E-state index contributed by atoms with van der Waals surface area (Å²) in [6, 6.07) is 7.55. The smallest absolute Gasteiger partial charge is 0.220 e. The van der Waals surface area contributed by atoms with Gasteiger partial charge < -0.3 is 11.1 Å². The minimum absolute atomic E-state index is 0. The first-order chi connectivity index (χ1) is 10.9. The number of nitrogens with zero attached hydrogens (tertiary/aromatic N) is 1.